The van der Waals surface area contributed by atoms with Gasteiger partial charge in [-0.2, -0.15) is 0 Å². The van der Waals surface area contributed by atoms with Gasteiger partial charge in [-0.05, 0) is 24.6 Å². The molecule has 9 heteroatoms. The molecule has 4 rings (SSSR count). The number of anilines is 1. The average Bonchev–Trinajstić information content (AvgIpc) is 3.21. The summed E-state index contributed by atoms with van der Waals surface area (Å²) in [6, 6.07) is 6.91. The molecular weight excluding hydrogens is 392 g/mol. The van der Waals surface area contributed by atoms with Crippen LogP contribution in [0, 0.1) is 0 Å². The van der Waals surface area contributed by atoms with Gasteiger partial charge < -0.3 is 4.90 Å². The largest absolute Gasteiger partial charge is 0.338 e. The topological polar surface area (TPSA) is 74.6 Å². The Kier molecular flexibility index (Phi) is 5.31. The maximum atomic E-state index is 12.3. The highest BCUT2D eigenvalue weighted by Gasteiger charge is 2.24. The fourth-order valence-electron chi connectivity index (χ4n) is 3.43. The van der Waals surface area contributed by atoms with Crippen LogP contribution in [0.3, 0.4) is 0 Å². The summed E-state index contributed by atoms with van der Waals surface area (Å²) < 4.78 is 17.5. The van der Waals surface area contributed by atoms with E-state index in [9.17, 15) is 4.21 Å². The molecule has 28 heavy (non-hydrogen) atoms. The third-order valence-corrected chi connectivity index (χ3v) is 7.97. The number of benzene rings is 1. The van der Waals surface area contributed by atoms with Crippen LogP contribution in [0.1, 0.15) is 18.5 Å². The lowest BCUT2D eigenvalue weighted by atomic mass is 10.1. The summed E-state index contributed by atoms with van der Waals surface area (Å²) in [4.78, 5) is 18.5. The van der Waals surface area contributed by atoms with Crippen molar-refractivity contribution in [1.29, 1.82) is 0 Å². The quantitative estimate of drug-likeness (QED) is 0.651. The minimum Gasteiger partial charge on any atom is -0.338 e. The van der Waals surface area contributed by atoms with Crippen molar-refractivity contribution < 1.29 is 4.21 Å². The molecule has 0 spiro atoms. The maximum Gasteiger partial charge on any atom is 0.225 e. The zero-order valence-corrected chi connectivity index (χ0v) is 17.9. The van der Waals surface area contributed by atoms with Crippen molar-refractivity contribution in [2.24, 2.45) is 4.36 Å². The predicted molar refractivity (Wildman–Crippen MR) is 115 cm³/mol. The number of aromatic nitrogens is 3. The van der Waals surface area contributed by atoms with E-state index in [0.29, 0.717) is 16.9 Å². The normalized spacial score (nSPS) is 18.8. The number of piperazine rings is 1. The smallest absolute Gasteiger partial charge is 0.225 e. The number of fused-ring (bicyclic) bond motifs is 1. The van der Waals surface area contributed by atoms with Crippen molar-refractivity contribution >= 4 is 37.2 Å². The Hall–Kier alpha value is -2.10. The first-order valence-electron chi connectivity index (χ1n) is 9.22. The van der Waals surface area contributed by atoms with Crippen molar-refractivity contribution in [2.45, 2.75) is 17.9 Å². The van der Waals surface area contributed by atoms with Crippen LogP contribution in [0.15, 0.2) is 45.4 Å². The van der Waals surface area contributed by atoms with E-state index in [1.165, 1.54) is 10.3 Å². The Morgan fingerprint density at radius 1 is 1.14 bits per heavy atom. The van der Waals surface area contributed by atoms with Crippen LogP contribution in [0.2, 0.25) is 0 Å². The fourth-order valence-corrected chi connectivity index (χ4v) is 4.79. The second kappa shape index (κ2) is 7.73. The molecule has 0 N–H and O–H groups in total. The Morgan fingerprint density at radius 2 is 1.86 bits per heavy atom. The number of nitrogens with zero attached hydrogens (tertiary/aromatic N) is 6. The molecule has 0 saturated carbocycles. The summed E-state index contributed by atoms with van der Waals surface area (Å²) in [5.41, 5.74) is 4.27. The zero-order chi connectivity index (χ0) is 19.7. The number of rotatable bonds is 4. The van der Waals surface area contributed by atoms with Gasteiger partial charge in [0.2, 0.25) is 5.95 Å². The van der Waals surface area contributed by atoms with E-state index in [4.69, 9.17) is 0 Å². The zero-order valence-electron chi connectivity index (χ0n) is 16.3. The van der Waals surface area contributed by atoms with E-state index in [0.717, 1.165) is 31.7 Å². The number of hydrogen-bond acceptors (Lipinski definition) is 8. The van der Waals surface area contributed by atoms with Crippen molar-refractivity contribution in [3.63, 3.8) is 0 Å². The van der Waals surface area contributed by atoms with E-state index in [-0.39, 0.29) is 0 Å². The molecule has 0 aliphatic carbocycles. The second-order valence-corrected chi connectivity index (χ2v) is 10.3. The standard InChI is InChI=1S/C19H24N6OS2/c1-14(15-4-5-18-17(10-15)23-13-27-18)24-6-8-25(9-7-24)19-21-11-16(12-22-19)28(3,26)20-2/h4-5,10-14H,6-9H2,1-3H3/t14-,28?/m0/s1. The molecular formula is C19H24N6OS2. The van der Waals surface area contributed by atoms with Crippen LogP contribution in [-0.2, 0) is 9.73 Å². The molecule has 2 atom stereocenters. The predicted octanol–water partition coefficient (Wildman–Crippen LogP) is 3.06. The van der Waals surface area contributed by atoms with Gasteiger partial charge in [-0.15, -0.1) is 11.3 Å². The van der Waals surface area contributed by atoms with E-state index >= 15 is 0 Å². The Balaban J connectivity index is 1.42. The third-order valence-electron chi connectivity index (χ3n) is 5.38. The first-order chi connectivity index (χ1) is 13.5. The summed E-state index contributed by atoms with van der Waals surface area (Å²) in [6.07, 6.45) is 4.87. The highest BCUT2D eigenvalue weighted by atomic mass is 32.2. The lowest BCUT2D eigenvalue weighted by Gasteiger charge is -2.38. The molecule has 1 saturated heterocycles. The molecule has 1 unspecified atom stereocenters. The Morgan fingerprint density at radius 3 is 2.54 bits per heavy atom. The van der Waals surface area contributed by atoms with Crippen molar-refractivity contribution in [2.75, 3.05) is 44.4 Å². The van der Waals surface area contributed by atoms with Crippen LogP contribution < -0.4 is 4.90 Å². The Labute approximate surface area is 169 Å². The lowest BCUT2D eigenvalue weighted by Crippen LogP contribution is -2.47. The van der Waals surface area contributed by atoms with Crippen LogP contribution in [0.5, 0.6) is 0 Å². The second-order valence-electron chi connectivity index (χ2n) is 6.98. The lowest BCUT2D eigenvalue weighted by molar-refractivity contribution is 0.198. The molecule has 7 nitrogen and oxygen atoms in total. The van der Waals surface area contributed by atoms with Crippen molar-refractivity contribution in [3.8, 4) is 0 Å². The summed E-state index contributed by atoms with van der Waals surface area (Å²) in [6.45, 7) is 5.86. The van der Waals surface area contributed by atoms with Crippen LogP contribution in [0.4, 0.5) is 5.95 Å². The van der Waals surface area contributed by atoms with Gasteiger partial charge in [0, 0.05) is 57.9 Å². The van der Waals surface area contributed by atoms with Crippen molar-refractivity contribution in [3.05, 3.63) is 41.7 Å². The molecule has 0 bridgehead atoms. The molecule has 1 aromatic carbocycles. The molecule has 3 heterocycles. The summed E-state index contributed by atoms with van der Waals surface area (Å²) in [7, 11) is -0.831. The fraction of sp³-hybridized carbons (Fsp3) is 0.421. The van der Waals surface area contributed by atoms with E-state index in [1.54, 1.807) is 37.0 Å². The van der Waals surface area contributed by atoms with E-state index in [2.05, 4.69) is 54.2 Å². The van der Waals surface area contributed by atoms with Crippen molar-refractivity contribution in [1.82, 2.24) is 19.9 Å². The number of thiazole rings is 1. The van der Waals surface area contributed by atoms with Crippen LogP contribution in [0.25, 0.3) is 10.2 Å². The first kappa shape index (κ1) is 19.2. The SMILES string of the molecule is CN=S(C)(=O)c1cnc(N2CCN([C@@H](C)c3ccc4scnc4c3)CC2)nc1. The van der Waals surface area contributed by atoms with Gasteiger partial charge in [-0.1, -0.05) is 6.07 Å². The van der Waals surface area contributed by atoms with Crippen LogP contribution >= 0.6 is 11.3 Å². The number of hydrogen-bond donors (Lipinski definition) is 0. The molecule has 1 fully saturated rings. The monoisotopic (exact) mass is 416 g/mol. The minimum absolute atomic E-state index is 0.340. The van der Waals surface area contributed by atoms with E-state index in [1.807, 2.05) is 5.51 Å². The first-order valence-corrected chi connectivity index (χ1v) is 12.0. The van der Waals surface area contributed by atoms with Gasteiger partial charge in [-0.25, -0.2) is 23.5 Å². The molecule has 0 radical (unpaired) electrons. The maximum absolute atomic E-state index is 12.3. The van der Waals surface area contributed by atoms with Gasteiger partial charge >= 0.3 is 0 Å². The average molecular weight is 417 g/mol. The van der Waals surface area contributed by atoms with Gasteiger partial charge in [0.1, 0.15) is 0 Å². The minimum atomic E-state index is -2.39. The summed E-state index contributed by atoms with van der Waals surface area (Å²) >= 11 is 1.68. The van der Waals surface area contributed by atoms with Gasteiger partial charge in [-0.3, -0.25) is 4.90 Å². The molecule has 2 aromatic heterocycles. The molecule has 1 aliphatic heterocycles. The molecule has 0 amide bonds. The third kappa shape index (κ3) is 3.74. The Bertz CT molecular complexity index is 1080. The van der Waals surface area contributed by atoms with Crippen LogP contribution in [-0.4, -0.2) is 63.5 Å². The summed E-state index contributed by atoms with van der Waals surface area (Å²) in [5, 5.41) is 0. The summed E-state index contributed by atoms with van der Waals surface area (Å²) in [5.74, 6) is 0.686. The highest BCUT2D eigenvalue weighted by Crippen LogP contribution is 2.27. The van der Waals surface area contributed by atoms with Gasteiger partial charge in [0.05, 0.1) is 30.4 Å². The van der Waals surface area contributed by atoms with E-state index < -0.39 is 9.73 Å². The highest BCUT2D eigenvalue weighted by molar-refractivity contribution is 7.93. The van der Waals surface area contributed by atoms with Gasteiger partial charge in [0.15, 0.2) is 0 Å². The van der Waals surface area contributed by atoms with Gasteiger partial charge in [0.25, 0.3) is 0 Å². The molecule has 148 valence electrons. The molecule has 3 aromatic rings. The molecule has 1 aliphatic rings.